The maximum atomic E-state index is 9.03. The normalized spacial score (nSPS) is 12.3. The molecule has 0 heterocycles. The van der Waals surface area contributed by atoms with Crippen LogP contribution in [-0.4, -0.2) is 64.9 Å². The van der Waals surface area contributed by atoms with E-state index < -0.39 is 8.80 Å². The van der Waals surface area contributed by atoms with Gasteiger partial charge in [0.2, 0.25) is 0 Å². The lowest BCUT2D eigenvalue weighted by molar-refractivity contribution is 0.0698. The minimum atomic E-state index is -2.50. The number of nitrogens with zero attached hydrogens (tertiary/aromatic N) is 1. The van der Waals surface area contributed by atoms with E-state index in [1.165, 1.54) is 12.8 Å². The second kappa shape index (κ2) is 14.6. The van der Waals surface area contributed by atoms with Crippen LogP contribution in [0.1, 0.15) is 53.4 Å². The van der Waals surface area contributed by atoms with Gasteiger partial charge in [-0.05, 0) is 53.1 Å². The number of hydrogen-bond acceptors (Lipinski definition) is 5. The zero-order chi connectivity index (χ0) is 16.7. The van der Waals surface area contributed by atoms with Crippen LogP contribution in [-0.2, 0) is 13.3 Å². The molecule has 22 heavy (non-hydrogen) atoms. The highest BCUT2D eigenvalue weighted by Gasteiger charge is 2.39. The zero-order valence-electron chi connectivity index (χ0n) is 15.1. The first-order chi connectivity index (χ1) is 10.7. The van der Waals surface area contributed by atoms with Gasteiger partial charge >= 0.3 is 8.80 Å². The van der Waals surface area contributed by atoms with E-state index in [9.17, 15) is 0 Å². The standard InChI is InChI=1S/C16H37NO4Si/c1-5-9-12-17(13-10-15-18)14-11-16-22(19-6-2,20-7-3)21-8-4/h18H,5-16H2,1-4H3. The third kappa shape index (κ3) is 9.92. The van der Waals surface area contributed by atoms with Crippen LogP contribution < -0.4 is 0 Å². The van der Waals surface area contributed by atoms with E-state index in [0.29, 0.717) is 19.8 Å². The van der Waals surface area contributed by atoms with Gasteiger partial charge in [-0.25, -0.2) is 0 Å². The topological polar surface area (TPSA) is 51.2 Å². The Morgan fingerprint density at radius 2 is 1.27 bits per heavy atom. The molecule has 0 bridgehead atoms. The molecule has 0 aliphatic carbocycles. The molecule has 0 aromatic carbocycles. The van der Waals surface area contributed by atoms with Crippen LogP contribution in [0.4, 0.5) is 0 Å². The van der Waals surface area contributed by atoms with Gasteiger partial charge in [0.15, 0.2) is 0 Å². The van der Waals surface area contributed by atoms with Crippen LogP contribution >= 0.6 is 0 Å². The first-order valence-corrected chi connectivity index (χ1v) is 10.9. The molecule has 0 amide bonds. The van der Waals surface area contributed by atoms with Crippen LogP contribution in [0.25, 0.3) is 0 Å². The third-order valence-electron chi connectivity index (χ3n) is 3.51. The van der Waals surface area contributed by atoms with E-state index in [1.54, 1.807) is 0 Å². The van der Waals surface area contributed by atoms with Gasteiger partial charge in [-0.15, -0.1) is 0 Å². The number of rotatable bonds is 16. The highest BCUT2D eigenvalue weighted by atomic mass is 28.4. The number of hydrogen-bond donors (Lipinski definition) is 1. The highest BCUT2D eigenvalue weighted by Crippen LogP contribution is 2.18. The van der Waals surface area contributed by atoms with Gasteiger partial charge in [-0.3, -0.25) is 0 Å². The molecule has 0 aromatic heterocycles. The van der Waals surface area contributed by atoms with Crippen molar-refractivity contribution in [3.8, 4) is 0 Å². The average molecular weight is 336 g/mol. The van der Waals surface area contributed by atoms with Crippen molar-refractivity contribution in [3.05, 3.63) is 0 Å². The fourth-order valence-electron chi connectivity index (χ4n) is 2.53. The maximum Gasteiger partial charge on any atom is 0.500 e. The molecule has 0 aliphatic heterocycles. The van der Waals surface area contributed by atoms with Gasteiger partial charge < -0.3 is 23.3 Å². The monoisotopic (exact) mass is 335 g/mol. The van der Waals surface area contributed by atoms with Gasteiger partial charge in [0.1, 0.15) is 0 Å². The Morgan fingerprint density at radius 3 is 1.73 bits per heavy atom. The van der Waals surface area contributed by atoms with Gasteiger partial charge in [-0.1, -0.05) is 13.3 Å². The predicted octanol–water partition coefficient (Wildman–Crippen LogP) is 2.91. The first kappa shape index (κ1) is 22.0. The fourth-order valence-corrected chi connectivity index (χ4v) is 5.13. The summed E-state index contributed by atoms with van der Waals surface area (Å²) in [6.45, 7) is 13.4. The van der Waals surface area contributed by atoms with E-state index >= 15 is 0 Å². The van der Waals surface area contributed by atoms with Crippen LogP contribution in [0, 0.1) is 0 Å². The van der Waals surface area contributed by atoms with Gasteiger partial charge in [-0.2, -0.15) is 0 Å². The molecule has 0 spiro atoms. The van der Waals surface area contributed by atoms with Crippen molar-refractivity contribution in [2.45, 2.75) is 59.4 Å². The number of unbranched alkanes of at least 4 members (excludes halogenated alkanes) is 1. The van der Waals surface area contributed by atoms with Crippen molar-refractivity contribution >= 4 is 8.80 Å². The lowest BCUT2D eigenvalue weighted by Crippen LogP contribution is -2.46. The Labute approximate surface area is 138 Å². The molecule has 0 unspecified atom stereocenters. The molecule has 0 saturated carbocycles. The number of aliphatic hydroxyl groups is 1. The van der Waals surface area contributed by atoms with Crippen molar-refractivity contribution < 1.29 is 18.4 Å². The smallest absolute Gasteiger partial charge is 0.396 e. The Bertz CT molecular complexity index is 219. The van der Waals surface area contributed by atoms with Crippen molar-refractivity contribution in [2.75, 3.05) is 46.1 Å². The van der Waals surface area contributed by atoms with Crippen LogP contribution in [0.5, 0.6) is 0 Å². The van der Waals surface area contributed by atoms with E-state index in [-0.39, 0.29) is 6.61 Å². The first-order valence-electron chi connectivity index (χ1n) is 8.93. The lowest BCUT2D eigenvalue weighted by Gasteiger charge is -2.29. The maximum absolute atomic E-state index is 9.03. The Kier molecular flexibility index (Phi) is 14.6. The molecule has 1 N–H and O–H groups in total. The average Bonchev–Trinajstić information content (AvgIpc) is 2.50. The summed E-state index contributed by atoms with van der Waals surface area (Å²) in [6, 6.07) is 0.865. The number of aliphatic hydroxyl groups excluding tert-OH is 1. The quantitative estimate of drug-likeness (QED) is 0.440. The van der Waals surface area contributed by atoms with Crippen molar-refractivity contribution in [1.29, 1.82) is 0 Å². The second-order valence-corrected chi connectivity index (χ2v) is 8.09. The van der Waals surface area contributed by atoms with E-state index in [1.807, 2.05) is 20.8 Å². The van der Waals surface area contributed by atoms with Crippen LogP contribution in [0.2, 0.25) is 6.04 Å². The summed E-state index contributed by atoms with van der Waals surface area (Å²) in [7, 11) is -2.50. The molecule has 0 saturated heterocycles. The minimum Gasteiger partial charge on any atom is -0.396 e. The third-order valence-corrected chi connectivity index (χ3v) is 6.66. The summed E-state index contributed by atoms with van der Waals surface area (Å²) in [5, 5.41) is 9.03. The molecule has 134 valence electrons. The summed E-state index contributed by atoms with van der Waals surface area (Å²) in [5.41, 5.74) is 0. The summed E-state index contributed by atoms with van der Waals surface area (Å²) in [6.07, 6.45) is 4.26. The minimum absolute atomic E-state index is 0.262. The van der Waals surface area contributed by atoms with Crippen molar-refractivity contribution in [3.63, 3.8) is 0 Å². The summed E-state index contributed by atoms with van der Waals surface area (Å²) in [5.74, 6) is 0. The van der Waals surface area contributed by atoms with Gasteiger partial charge in [0, 0.05) is 39.0 Å². The lowest BCUT2D eigenvalue weighted by atomic mass is 10.3. The van der Waals surface area contributed by atoms with Gasteiger partial charge in [0.25, 0.3) is 0 Å². The Hall–Kier alpha value is 0.0169. The van der Waals surface area contributed by atoms with E-state index in [4.69, 9.17) is 18.4 Å². The van der Waals surface area contributed by atoms with E-state index in [0.717, 1.165) is 38.5 Å². The molecule has 0 radical (unpaired) electrons. The molecule has 0 fully saturated rings. The van der Waals surface area contributed by atoms with E-state index in [2.05, 4.69) is 11.8 Å². The fraction of sp³-hybridized carbons (Fsp3) is 1.00. The summed E-state index contributed by atoms with van der Waals surface area (Å²) in [4.78, 5) is 2.43. The molecule has 5 nitrogen and oxygen atoms in total. The highest BCUT2D eigenvalue weighted by molar-refractivity contribution is 6.60. The zero-order valence-corrected chi connectivity index (χ0v) is 16.1. The summed E-state index contributed by atoms with van der Waals surface area (Å²) < 4.78 is 17.7. The predicted molar refractivity (Wildman–Crippen MR) is 93.1 cm³/mol. The van der Waals surface area contributed by atoms with Crippen molar-refractivity contribution in [1.82, 2.24) is 4.90 Å². The molecule has 0 rings (SSSR count). The molecule has 0 atom stereocenters. The molecular formula is C16H37NO4Si. The van der Waals surface area contributed by atoms with Crippen molar-refractivity contribution in [2.24, 2.45) is 0 Å². The molecule has 0 aromatic rings. The van der Waals surface area contributed by atoms with Crippen LogP contribution in [0.15, 0.2) is 0 Å². The molecular weight excluding hydrogens is 298 g/mol. The van der Waals surface area contributed by atoms with Gasteiger partial charge in [0.05, 0.1) is 0 Å². The van der Waals surface area contributed by atoms with Crippen LogP contribution in [0.3, 0.4) is 0 Å². The second-order valence-electron chi connectivity index (χ2n) is 5.36. The Balaban J connectivity index is 4.39. The molecule has 0 aliphatic rings. The molecule has 6 heteroatoms. The largest absolute Gasteiger partial charge is 0.500 e. The summed E-state index contributed by atoms with van der Waals surface area (Å²) >= 11 is 0. The Morgan fingerprint density at radius 1 is 0.773 bits per heavy atom. The SMILES string of the molecule is CCCCN(CCCO)CCC[Si](OCC)(OCC)OCC.